The predicted molar refractivity (Wildman–Crippen MR) is 68.6 cm³/mol. The number of methoxy groups -OCH3 is 1. The third-order valence-corrected chi connectivity index (χ3v) is 2.71. The minimum Gasteiger partial charge on any atom is -0.466 e. The molecule has 0 heterocycles. The van der Waals surface area contributed by atoms with Crippen LogP contribution in [0.5, 0.6) is 0 Å². The highest BCUT2D eigenvalue weighted by molar-refractivity contribution is 7.85. The van der Waals surface area contributed by atoms with Gasteiger partial charge in [-0.25, -0.2) is 4.79 Å². The summed E-state index contributed by atoms with van der Waals surface area (Å²) in [4.78, 5) is 9.73. The van der Waals surface area contributed by atoms with E-state index in [1.807, 2.05) is 0 Å². The van der Waals surface area contributed by atoms with Gasteiger partial charge in [-0.2, -0.15) is 8.42 Å². The van der Waals surface area contributed by atoms with E-state index in [9.17, 15) is 13.2 Å². The Bertz CT molecular complexity index is 531. The van der Waals surface area contributed by atoms with Crippen molar-refractivity contribution in [1.29, 1.82) is 0 Å². The first-order valence-corrected chi connectivity index (χ1v) is 6.20. The number of carbonyl (C=O) groups excluding carboxylic acids is 1. The van der Waals surface area contributed by atoms with Gasteiger partial charge in [0.05, 0.1) is 7.11 Å². The van der Waals surface area contributed by atoms with Gasteiger partial charge in [0.2, 0.25) is 0 Å². The summed E-state index contributed by atoms with van der Waals surface area (Å²) >= 11 is 0. The fraction of sp³-hybridized carbons (Fsp3) is 0.0833. The van der Waals surface area contributed by atoms with Gasteiger partial charge in [-0.15, -0.1) is 0 Å². The fourth-order valence-electron chi connectivity index (χ4n) is 0.967. The van der Waals surface area contributed by atoms with Gasteiger partial charge in [0.15, 0.2) is 0 Å². The van der Waals surface area contributed by atoms with Crippen LogP contribution >= 0.6 is 0 Å². The van der Waals surface area contributed by atoms with E-state index < -0.39 is 16.1 Å². The van der Waals surface area contributed by atoms with E-state index >= 15 is 0 Å². The van der Waals surface area contributed by atoms with Gasteiger partial charge in [-0.05, 0) is 11.6 Å². The Hall–Kier alpha value is -1.92. The minimum atomic E-state index is -4.12. The third kappa shape index (κ3) is 5.42. The molecule has 1 rings (SSSR count). The van der Waals surface area contributed by atoms with Crippen molar-refractivity contribution >= 4 is 22.2 Å². The molecule has 1 aromatic rings. The molecule has 5 nitrogen and oxygen atoms in total. The SMILES string of the molecule is C=CC(=O)OC.C=Cc1ccccc1S(=O)(=O)O. The first kappa shape index (κ1) is 16.1. The molecule has 18 heavy (non-hydrogen) atoms. The van der Waals surface area contributed by atoms with Gasteiger partial charge in [0.1, 0.15) is 4.90 Å². The first-order valence-electron chi connectivity index (χ1n) is 4.76. The third-order valence-electron chi connectivity index (χ3n) is 1.78. The molecule has 1 aromatic carbocycles. The maximum absolute atomic E-state index is 10.7. The van der Waals surface area contributed by atoms with Gasteiger partial charge in [-0.1, -0.05) is 37.4 Å². The zero-order valence-electron chi connectivity index (χ0n) is 9.87. The molecular weight excluding hydrogens is 256 g/mol. The monoisotopic (exact) mass is 270 g/mol. The maximum Gasteiger partial charge on any atom is 0.329 e. The number of rotatable bonds is 3. The molecule has 0 aromatic heterocycles. The van der Waals surface area contributed by atoms with Crippen LogP contribution in [-0.4, -0.2) is 26.0 Å². The van der Waals surface area contributed by atoms with Crippen LogP contribution in [0.25, 0.3) is 6.08 Å². The molecule has 0 saturated carbocycles. The molecule has 98 valence electrons. The molecule has 0 aliphatic rings. The van der Waals surface area contributed by atoms with Crippen LogP contribution in [0.3, 0.4) is 0 Å². The number of hydrogen-bond acceptors (Lipinski definition) is 4. The molecule has 0 unspecified atom stereocenters. The average molecular weight is 270 g/mol. The Kier molecular flexibility index (Phi) is 6.62. The normalized spacial score (nSPS) is 9.67. The summed E-state index contributed by atoms with van der Waals surface area (Å²) in [7, 11) is -2.81. The van der Waals surface area contributed by atoms with Gasteiger partial charge >= 0.3 is 5.97 Å². The molecular formula is C12H14O5S. The second-order valence-corrected chi connectivity index (χ2v) is 4.33. The second-order valence-electron chi connectivity index (χ2n) is 2.94. The summed E-state index contributed by atoms with van der Waals surface area (Å²) in [6.07, 6.45) is 2.49. The van der Waals surface area contributed by atoms with E-state index in [-0.39, 0.29) is 4.90 Å². The van der Waals surface area contributed by atoms with Crippen molar-refractivity contribution < 1.29 is 22.5 Å². The Labute approximate surface area is 106 Å². The summed E-state index contributed by atoms with van der Waals surface area (Å²) in [6, 6.07) is 6.10. The molecule has 0 aliphatic carbocycles. The molecule has 0 atom stereocenters. The number of esters is 1. The van der Waals surface area contributed by atoms with Crippen LogP contribution < -0.4 is 0 Å². The van der Waals surface area contributed by atoms with E-state index in [0.29, 0.717) is 5.56 Å². The standard InChI is InChI=1S/C8H8O3S.C4H6O2/c1-2-7-5-3-4-6-8(7)12(9,10)11;1-3-4(5)6-2/h2-6H,1H2,(H,9,10,11);3H,1H2,2H3. The summed E-state index contributed by atoms with van der Waals surface area (Å²) in [5.41, 5.74) is 0.403. The highest BCUT2D eigenvalue weighted by atomic mass is 32.2. The lowest BCUT2D eigenvalue weighted by atomic mass is 10.2. The highest BCUT2D eigenvalue weighted by Gasteiger charge is 2.11. The number of ether oxygens (including phenoxy) is 1. The first-order chi connectivity index (χ1) is 8.36. The van der Waals surface area contributed by atoms with Crippen molar-refractivity contribution in [2.45, 2.75) is 4.90 Å². The van der Waals surface area contributed by atoms with Crippen LogP contribution in [0.15, 0.2) is 48.4 Å². The summed E-state index contributed by atoms with van der Waals surface area (Å²) < 4.78 is 34.3. The van der Waals surface area contributed by atoms with E-state index in [1.54, 1.807) is 12.1 Å². The number of benzene rings is 1. The molecule has 0 amide bonds. The molecule has 0 radical (unpaired) electrons. The topological polar surface area (TPSA) is 80.7 Å². The molecule has 0 aliphatic heterocycles. The highest BCUT2D eigenvalue weighted by Crippen LogP contribution is 2.15. The minimum absolute atomic E-state index is 0.111. The van der Waals surface area contributed by atoms with Crippen molar-refractivity contribution in [3.63, 3.8) is 0 Å². The quantitative estimate of drug-likeness (QED) is 0.515. The van der Waals surface area contributed by atoms with Crippen molar-refractivity contribution in [3.8, 4) is 0 Å². The Morgan fingerprint density at radius 3 is 2.17 bits per heavy atom. The lowest BCUT2D eigenvalue weighted by Gasteiger charge is -2.00. The average Bonchev–Trinajstić information content (AvgIpc) is 2.37. The lowest BCUT2D eigenvalue weighted by Crippen LogP contribution is -1.99. The van der Waals surface area contributed by atoms with Crippen LogP contribution in [-0.2, 0) is 19.6 Å². The largest absolute Gasteiger partial charge is 0.466 e. The molecule has 6 heteroatoms. The Morgan fingerprint density at radius 2 is 1.89 bits per heavy atom. The van der Waals surface area contributed by atoms with Crippen molar-refractivity contribution in [2.75, 3.05) is 7.11 Å². The summed E-state index contributed by atoms with van der Waals surface area (Å²) in [5.74, 6) is -0.394. The molecule has 0 saturated heterocycles. The van der Waals surface area contributed by atoms with E-state index in [4.69, 9.17) is 4.55 Å². The predicted octanol–water partition coefficient (Wildman–Crippen LogP) is 1.92. The van der Waals surface area contributed by atoms with Crippen molar-refractivity contribution in [3.05, 3.63) is 49.1 Å². The zero-order chi connectivity index (χ0) is 14.2. The number of hydrogen-bond donors (Lipinski definition) is 1. The van der Waals surface area contributed by atoms with Crippen LogP contribution in [0.1, 0.15) is 5.56 Å². The lowest BCUT2D eigenvalue weighted by molar-refractivity contribution is -0.134. The zero-order valence-corrected chi connectivity index (χ0v) is 10.7. The van der Waals surface area contributed by atoms with Crippen LogP contribution in [0.4, 0.5) is 0 Å². The molecule has 0 fully saturated rings. The van der Waals surface area contributed by atoms with Crippen molar-refractivity contribution in [1.82, 2.24) is 0 Å². The maximum atomic E-state index is 10.7. The summed E-state index contributed by atoms with van der Waals surface area (Å²) in [5, 5.41) is 0. The van der Waals surface area contributed by atoms with Crippen LogP contribution in [0, 0.1) is 0 Å². The molecule has 0 spiro atoms. The molecule has 1 N–H and O–H groups in total. The fourth-order valence-corrected chi connectivity index (χ4v) is 1.67. The Morgan fingerprint density at radius 1 is 1.33 bits per heavy atom. The van der Waals surface area contributed by atoms with E-state index in [1.165, 1.54) is 25.3 Å². The summed E-state index contributed by atoms with van der Waals surface area (Å²) in [6.45, 7) is 6.59. The smallest absolute Gasteiger partial charge is 0.329 e. The van der Waals surface area contributed by atoms with Crippen molar-refractivity contribution in [2.24, 2.45) is 0 Å². The van der Waals surface area contributed by atoms with Gasteiger partial charge in [0.25, 0.3) is 10.1 Å². The number of carbonyl (C=O) groups is 1. The van der Waals surface area contributed by atoms with E-state index in [2.05, 4.69) is 17.9 Å². The second kappa shape index (κ2) is 7.41. The van der Waals surface area contributed by atoms with Crippen LogP contribution in [0.2, 0.25) is 0 Å². The van der Waals surface area contributed by atoms with Gasteiger partial charge in [-0.3, -0.25) is 4.55 Å². The van der Waals surface area contributed by atoms with Gasteiger partial charge < -0.3 is 4.74 Å². The Balaban J connectivity index is 0.000000411. The van der Waals surface area contributed by atoms with E-state index in [0.717, 1.165) is 6.08 Å². The molecule has 0 bridgehead atoms. The van der Waals surface area contributed by atoms with Gasteiger partial charge in [0, 0.05) is 6.08 Å².